The van der Waals surface area contributed by atoms with E-state index in [0.29, 0.717) is 26.7 Å². The fourth-order valence-corrected chi connectivity index (χ4v) is 6.87. The molecule has 0 saturated carbocycles. The van der Waals surface area contributed by atoms with Crippen molar-refractivity contribution in [3.05, 3.63) is 105 Å². The smallest absolute Gasteiger partial charge is 0.180 e. The second-order valence-electron chi connectivity index (χ2n) is 9.55. The largest absolute Gasteiger partial charge is 0.352 e. The molecule has 1 aliphatic carbocycles. The molecule has 2 heterocycles. The Balaban J connectivity index is 1.70. The van der Waals surface area contributed by atoms with Crippen molar-refractivity contribution in [2.75, 3.05) is 4.90 Å². The molecule has 174 valence electrons. The average Bonchev–Trinajstić information content (AvgIpc) is 3.26. The summed E-state index contributed by atoms with van der Waals surface area (Å²) in [5, 5.41) is 0.772. The van der Waals surface area contributed by atoms with Crippen LogP contribution in [0.5, 0.6) is 0 Å². The summed E-state index contributed by atoms with van der Waals surface area (Å²) in [5.74, 6) is -1.47. The molecule has 6 rings (SSSR count). The molecule has 1 fully saturated rings. The normalized spacial score (nSPS) is 23.4. The molecule has 0 radical (unpaired) electrons. The van der Waals surface area contributed by atoms with E-state index >= 15 is 0 Å². The Kier molecular flexibility index (Phi) is 4.86. The predicted octanol–water partition coefficient (Wildman–Crippen LogP) is 6.32. The predicted molar refractivity (Wildman–Crippen MR) is 138 cm³/mol. The van der Waals surface area contributed by atoms with Crippen LogP contribution in [0.25, 0.3) is 6.08 Å². The molecular weight excluding hydrogens is 481 g/mol. The van der Waals surface area contributed by atoms with Gasteiger partial charge in [-0.15, -0.1) is 0 Å². The molecule has 3 aliphatic rings. The van der Waals surface area contributed by atoms with Gasteiger partial charge in [-0.25, -0.2) is 0 Å². The van der Waals surface area contributed by atoms with Crippen LogP contribution in [0.2, 0.25) is 10.0 Å². The second-order valence-corrected chi connectivity index (χ2v) is 10.4. The van der Waals surface area contributed by atoms with E-state index in [1.165, 1.54) is 6.92 Å². The van der Waals surface area contributed by atoms with Crippen molar-refractivity contribution in [1.82, 2.24) is 0 Å². The van der Waals surface area contributed by atoms with Crippen LogP contribution in [0.4, 0.5) is 5.69 Å². The van der Waals surface area contributed by atoms with Crippen LogP contribution in [0, 0.1) is 12.3 Å². The summed E-state index contributed by atoms with van der Waals surface area (Å²) in [6.45, 7) is 3.52. The zero-order valence-electron chi connectivity index (χ0n) is 19.1. The Bertz CT molecular complexity index is 1460. The lowest BCUT2D eigenvalue weighted by Gasteiger charge is -2.37. The third kappa shape index (κ3) is 2.84. The van der Waals surface area contributed by atoms with E-state index in [-0.39, 0.29) is 17.3 Å². The molecule has 0 aromatic heterocycles. The fraction of sp³-hybridized carbons (Fsp3) is 0.207. The number of hydrogen-bond acceptors (Lipinski definition) is 4. The Morgan fingerprint density at radius 3 is 2.26 bits per heavy atom. The zero-order chi connectivity index (χ0) is 24.6. The van der Waals surface area contributed by atoms with E-state index in [1.54, 1.807) is 42.5 Å². The van der Waals surface area contributed by atoms with Crippen LogP contribution < -0.4 is 4.90 Å². The summed E-state index contributed by atoms with van der Waals surface area (Å²) >= 11 is 12.9. The number of Topliss-reactive ketones (excluding diaryl/α,β-unsaturated/α-hetero) is 3. The number of carbonyl (C=O) groups is 3. The molecule has 1 spiro atoms. The molecule has 3 atom stereocenters. The van der Waals surface area contributed by atoms with Gasteiger partial charge in [-0.1, -0.05) is 77.3 Å². The Hall–Kier alpha value is -3.21. The first-order valence-electron chi connectivity index (χ1n) is 11.5. The highest BCUT2D eigenvalue weighted by molar-refractivity contribution is 6.36. The highest BCUT2D eigenvalue weighted by Crippen LogP contribution is 2.61. The van der Waals surface area contributed by atoms with Gasteiger partial charge in [0, 0.05) is 32.8 Å². The van der Waals surface area contributed by atoms with Crippen LogP contribution in [0.15, 0.2) is 66.7 Å². The third-order valence-corrected chi connectivity index (χ3v) is 8.24. The van der Waals surface area contributed by atoms with Crippen molar-refractivity contribution in [1.29, 1.82) is 0 Å². The minimum absolute atomic E-state index is 0.138. The number of benzene rings is 3. The first-order valence-corrected chi connectivity index (χ1v) is 12.2. The zero-order valence-corrected chi connectivity index (χ0v) is 20.6. The second kappa shape index (κ2) is 7.64. The van der Waals surface area contributed by atoms with Crippen molar-refractivity contribution in [2.24, 2.45) is 5.41 Å². The molecule has 0 bridgehead atoms. The maximum Gasteiger partial charge on any atom is 0.180 e. The number of aryl methyl sites for hydroxylation is 1. The van der Waals surface area contributed by atoms with Gasteiger partial charge in [0.15, 0.2) is 17.3 Å². The number of hydrogen-bond donors (Lipinski definition) is 0. The molecule has 0 N–H and O–H groups in total. The van der Waals surface area contributed by atoms with E-state index in [2.05, 4.69) is 0 Å². The van der Waals surface area contributed by atoms with Gasteiger partial charge in [0.2, 0.25) is 0 Å². The Labute approximate surface area is 213 Å². The van der Waals surface area contributed by atoms with E-state index in [1.807, 2.05) is 42.2 Å². The lowest BCUT2D eigenvalue weighted by Crippen LogP contribution is -2.48. The molecule has 4 nitrogen and oxygen atoms in total. The van der Waals surface area contributed by atoms with Gasteiger partial charge in [0.25, 0.3) is 0 Å². The summed E-state index contributed by atoms with van der Waals surface area (Å²) < 4.78 is 0. The van der Waals surface area contributed by atoms with Gasteiger partial charge in [0.1, 0.15) is 5.41 Å². The van der Waals surface area contributed by atoms with Crippen molar-refractivity contribution >= 4 is 52.3 Å². The molecule has 3 aromatic rings. The van der Waals surface area contributed by atoms with Crippen LogP contribution in [-0.2, 0) is 4.79 Å². The summed E-state index contributed by atoms with van der Waals surface area (Å²) in [4.78, 5) is 44.0. The van der Waals surface area contributed by atoms with Gasteiger partial charge in [-0.05, 0) is 49.2 Å². The first kappa shape index (κ1) is 22.3. The first-order chi connectivity index (χ1) is 16.8. The van der Waals surface area contributed by atoms with Crippen molar-refractivity contribution in [2.45, 2.75) is 31.8 Å². The molecule has 6 heteroatoms. The molecule has 0 amide bonds. The number of rotatable bonds is 2. The highest BCUT2D eigenvalue weighted by atomic mass is 35.5. The standard InChI is InChI=1S/C29H21Cl2NO3/c1-15-7-11-23-17(13-15)8-12-24-29(27(34)19-5-3-4-6-20(19)28(29)35)25(26(16(2)33)32(23)24)21-10-9-18(30)14-22(21)31/h3-14,24-26H,1-2H3/t24?,25-,26-/m0/s1. The third-order valence-electron chi connectivity index (χ3n) is 7.67. The maximum atomic E-state index is 14.3. The SMILES string of the molecule is CC(=O)[C@H]1[C@H](c2ccc(Cl)cc2Cl)C2(C(=O)c3ccccc3C2=O)C2C=Cc3cc(C)ccc3N21. The summed E-state index contributed by atoms with van der Waals surface area (Å²) in [6.07, 6.45) is 3.86. The number of fused-ring (bicyclic) bond motifs is 5. The van der Waals surface area contributed by atoms with E-state index in [0.717, 1.165) is 16.8 Å². The Morgan fingerprint density at radius 1 is 0.943 bits per heavy atom. The lowest BCUT2D eigenvalue weighted by atomic mass is 9.64. The van der Waals surface area contributed by atoms with E-state index in [9.17, 15) is 14.4 Å². The number of nitrogens with zero attached hydrogens (tertiary/aromatic N) is 1. The van der Waals surface area contributed by atoms with Crippen molar-refractivity contribution in [3.63, 3.8) is 0 Å². The van der Waals surface area contributed by atoms with Gasteiger partial charge in [-0.2, -0.15) is 0 Å². The summed E-state index contributed by atoms with van der Waals surface area (Å²) in [5.41, 5.74) is 2.67. The van der Waals surface area contributed by atoms with Crippen LogP contribution in [0.1, 0.15) is 50.2 Å². The van der Waals surface area contributed by atoms with Crippen molar-refractivity contribution in [3.8, 4) is 0 Å². The average molecular weight is 502 g/mol. The lowest BCUT2D eigenvalue weighted by molar-refractivity contribution is -0.118. The minimum atomic E-state index is -1.53. The monoisotopic (exact) mass is 501 g/mol. The van der Waals surface area contributed by atoms with Gasteiger partial charge < -0.3 is 4.90 Å². The summed E-state index contributed by atoms with van der Waals surface area (Å²) in [7, 11) is 0. The van der Waals surface area contributed by atoms with Crippen LogP contribution >= 0.6 is 23.2 Å². The van der Waals surface area contributed by atoms with Crippen molar-refractivity contribution < 1.29 is 14.4 Å². The molecular formula is C29H21Cl2NO3. The topological polar surface area (TPSA) is 54.5 Å². The highest BCUT2D eigenvalue weighted by Gasteiger charge is 2.71. The number of ketones is 3. The molecule has 1 saturated heterocycles. The number of halogens is 2. The quantitative estimate of drug-likeness (QED) is 0.385. The molecule has 1 unspecified atom stereocenters. The molecule has 2 aliphatic heterocycles. The van der Waals surface area contributed by atoms with Crippen LogP contribution in [0.3, 0.4) is 0 Å². The maximum absolute atomic E-state index is 14.3. The van der Waals surface area contributed by atoms with Gasteiger partial charge in [-0.3, -0.25) is 14.4 Å². The molecule has 35 heavy (non-hydrogen) atoms. The van der Waals surface area contributed by atoms with Gasteiger partial charge in [0.05, 0.1) is 12.1 Å². The van der Waals surface area contributed by atoms with Gasteiger partial charge >= 0.3 is 0 Å². The fourth-order valence-electron chi connectivity index (χ4n) is 6.35. The minimum Gasteiger partial charge on any atom is -0.352 e. The summed E-state index contributed by atoms with van der Waals surface area (Å²) in [6, 6.07) is 16.5. The number of carbonyl (C=O) groups excluding carboxylic acids is 3. The van der Waals surface area contributed by atoms with E-state index in [4.69, 9.17) is 23.2 Å². The number of anilines is 1. The van der Waals surface area contributed by atoms with Crippen LogP contribution in [-0.4, -0.2) is 29.4 Å². The van der Waals surface area contributed by atoms with E-state index < -0.39 is 23.4 Å². The molecule has 3 aromatic carbocycles. The Morgan fingerprint density at radius 2 is 1.63 bits per heavy atom.